The summed E-state index contributed by atoms with van der Waals surface area (Å²) in [5.74, 6) is 0.632. The molecule has 1 saturated carbocycles. The topological polar surface area (TPSA) is 29.1 Å². The highest BCUT2D eigenvalue weighted by atomic mass is 79.9. The second-order valence-corrected chi connectivity index (χ2v) is 5.95. The van der Waals surface area contributed by atoms with Crippen LogP contribution < -0.4 is 5.32 Å². The molecule has 0 atom stereocenters. The number of carbonyl (C=O) groups excluding carboxylic acids is 1. The molecule has 82 valence electrons. The van der Waals surface area contributed by atoms with Crippen LogP contribution in [0, 0.1) is 5.41 Å². The van der Waals surface area contributed by atoms with Crippen molar-refractivity contribution in [3.8, 4) is 0 Å². The molecule has 0 spiro atoms. The molecule has 1 aliphatic rings. The second kappa shape index (κ2) is 4.44. The van der Waals surface area contributed by atoms with Gasteiger partial charge in [0.2, 0.25) is 0 Å². The molecule has 1 fully saturated rings. The molecule has 1 aromatic heterocycles. The van der Waals surface area contributed by atoms with Crippen molar-refractivity contribution in [2.75, 3.05) is 12.4 Å². The van der Waals surface area contributed by atoms with Crippen LogP contribution in [0.15, 0.2) is 15.9 Å². The first-order valence-corrected chi connectivity index (χ1v) is 6.95. The standard InChI is InChI=1S/C10H11BrClNOS/c11-7-1-4-15-8(7)9(14)13-6-10(5-12)2-3-10/h1,4H,2-3,5-6H2,(H,13,14). The molecule has 15 heavy (non-hydrogen) atoms. The van der Waals surface area contributed by atoms with Crippen molar-refractivity contribution in [3.63, 3.8) is 0 Å². The lowest BCUT2D eigenvalue weighted by atomic mass is 10.1. The third-order valence-electron chi connectivity index (χ3n) is 2.69. The number of amides is 1. The van der Waals surface area contributed by atoms with Crippen molar-refractivity contribution in [1.29, 1.82) is 0 Å². The van der Waals surface area contributed by atoms with E-state index in [1.807, 2.05) is 11.4 Å². The fraction of sp³-hybridized carbons (Fsp3) is 0.500. The summed E-state index contributed by atoms with van der Waals surface area (Å²) in [6, 6.07) is 1.88. The molecule has 1 N–H and O–H groups in total. The van der Waals surface area contributed by atoms with Gasteiger partial charge in [-0.05, 0) is 40.2 Å². The third-order valence-corrected chi connectivity index (χ3v) is 5.09. The Hall–Kier alpha value is -0.0600. The molecule has 0 aliphatic heterocycles. The fourth-order valence-electron chi connectivity index (χ4n) is 1.34. The van der Waals surface area contributed by atoms with Gasteiger partial charge in [0.15, 0.2) is 0 Å². The lowest BCUT2D eigenvalue weighted by Crippen LogP contribution is -2.30. The Morgan fingerprint density at radius 3 is 2.87 bits per heavy atom. The van der Waals surface area contributed by atoms with Crippen LogP contribution in [0.25, 0.3) is 0 Å². The van der Waals surface area contributed by atoms with E-state index in [2.05, 4.69) is 21.2 Å². The molecule has 0 aromatic carbocycles. The average Bonchev–Trinajstić information content (AvgIpc) is 2.91. The largest absolute Gasteiger partial charge is 0.351 e. The zero-order valence-electron chi connectivity index (χ0n) is 8.06. The van der Waals surface area contributed by atoms with Gasteiger partial charge >= 0.3 is 0 Å². The van der Waals surface area contributed by atoms with Gasteiger partial charge < -0.3 is 5.32 Å². The highest BCUT2D eigenvalue weighted by Crippen LogP contribution is 2.45. The molecule has 1 heterocycles. The predicted molar refractivity (Wildman–Crippen MR) is 66.7 cm³/mol. The molecule has 0 radical (unpaired) electrons. The molecule has 1 aliphatic carbocycles. The minimum Gasteiger partial charge on any atom is -0.351 e. The summed E-state index contributed by atoms with van der Waals surface area (Å²) in [7, 11) is 0. The van der Waals surface area contributed by atoms with E-state index in [9.17, 15) is 4.79 Å². The van der Waals surface area contributed by atoms with E-state index < -0.39 is 0 Å². The highest BCUT2D eigenvalue weighted by Gasteiger charge is 2.41. The number of hydrogen-bond acceptors (Lipinski definition) is 2. The number of halogens is 2. The smallest absolute Gasteiger partial charge is 0.262 e. The maximum Gasteiger partial charge on any atom is 0.262 e. The molecule has 5 heteroatoms. The van der Waals surface area contributed by atoms with Crippen LogP contribution in [0.3, 0.4) is 0 Å². The quantitative estimate of drug-likeness (QED) is 0.850. The van der Waals surface area contributed by atoms with Crippen molar-refractivity contribution < 1.29 is 4.79 Å². The Morgan fingerprint density at radius 2 is 2.40 bits per heavy atom. The van der Waals surface area contributed by atoms with E-state index in [4.69, 9.17) is 11.6 Å². The van der Waals surface area contributed by atoms with Crippen LogP contribution in [0.5, 0.6) is 0 Å². The zero-order chi connectivity index (χ0) is 10.9. The Morgan fingerprint density at radius 1 is 1.67 bits per heavy atom. The van der Waals surface area contributed by atoms with Gasteiger partial charge in [-0.1, -0.05) is 0 Å². The first-order valence-electron chi connectivity index (χ1n) is 4.74. The van der Waals surface area contributed by atoms with Gasteiger partial charge in [0.1, 0.15) is 4.88 Å². The predicted octanol–water partition coefficient (Wildman–Crippen LogP) is 3.26. The van der Waals surface area contributed by atoms with Crippen LogP contribution in [-0.2, 0) is 0 Å². The Bertz CT molecular complexity index is 375. The summed E-state index contributed by atoms with van der Waals surface area (Å²) in [5, 5.41) is 4.83. The van der Waals surface area contributed by atoms with Crippen LogP contribution in [0.1, 0.15) is 22.5 Å². The Balaban J connectivity index is 1.91. The van der Waals surface area contributed by atoms with Crippen LogP contribution >= 0.6 is 38.9 Å². The van der Waals surface area contributed by atoms with Crippen LogP contribution in [0.4, 0.5) is 0 Å². The molecule has 2 rings (SSSR count). The van der Waals surface area contributed by atoms with Gasteiger partial charge in [-0.15, -0.1) is 22.9 Å². The lowest BCUT2D eigenvalue weighted by molar-refractivity contribution is 0.0950. The van der Waals surface area contributed by atoms with Gasteiger partial charge in [-0.25, -0.2) is 0 Å². The van der Waals surface area contributed by atoms with E-state index in [1.165, 1.54) is 11.3 Å². The van der Waals surface area contributed by atoms with Crippen LogP contribution in [-0.4, -0.2) is 18.3 Å². The van der Waals surface area contributed by atoms with Crippen molar-refractivity contribution in [1.82, 2.24) is 5.32 Å². The van der Waals surface area contributed by atoms with Gasteiger partial charge in [0, 0.05) is 22.3 Å². The lowest BCUT2D eigenvalue weighted by Gasteiger charge is -2.11. The molecular formula is C10H11BrClNOS. The summed E-state index contributed by atoms with van der Waals surface area (Å²) in [6.45, 7) is 0.694. The zero-order valence-corrected chi connectivity index (χ0v) is 11.2. The summed E-state index contributed by atoms with van der Waals surface area (Å²) in [6.07, 6.45) is 2.25. The van der Waals surface area contributed by atoms with Crippen LogP contribution in [0.2, 0.25) is 0 Å². The van der Waals surface area contributed by atoms with E-state index in [0.717, 1.165) is 22.2 Å². The van der Waals surface area contributed by atoms with E-state index in [-0.39, 0.29) is 11.3 Å². The molecule has 0 bridgehead atoms. The average molecular weight is 309 g/mol. The minimum absolute atomic E-state index is 0.00623. The van der Waals surface area contributed by atoms with Crippen molar-refractivity contribution in [2.24, 2.45) is 5.41 Å². The monoisotopic (exact) mass is 307 g/mol. The van der Waals surface area contributed by atoms with Crippen molar-refractivity contribution in [2.45, 2.75) is 12.8 Å². The molecule has 0 unspecified atom stereocenters. The second-order valence-electron chi connectivity index (χ2n) is 3.91. The summed E-state index contributed by atoms with van der Waals surface area (Å²) < 4.78 is 0.862. The number of carbonyl (C=O) groups is 1. The third kappa shape index (κ3) is 2.55. The molecular weight excluding hydrogens is 298 g/mol. The normalized spacial score (nSPS) is 17.5. The van der Waals surface area contributed by atoms with E-state index in [0.29, 0.717) is 12.4 Å². The number of alkyl halides is 1. The molecule has 1 amide bonds. The van der Waals surface area contributed by atoms with Crippen molar-refractivity contribution in [3.05, 3.63) is 20.8 Å². The first-order chi connectivity index (χ1) is 7.17. The van der Waals surface area contributed by atoms with Gasteiger partial charge in [0.25, 0.3) is 5.91 Å². The first kappa shape index (κ1) is 11.4. The number of rotatable bonds is 4. The summed E-state index contributed by atoms with van der Waals surface area (Å²) in [4.78, 5) is 12.5. The number of nitrogens with one attached hydrogen (secondary N) is 1. The molecule has 0 saturated heterocycles. The minimum atomic E-state index is -0.00623. The Labute approximate surface area is 106 Å². The fourth-order valence-corrected chi connectivity index (χ4v) is 3.17. The van der Waals surface area contributed by atoms with E-state index >= 15 is 0 Å². The Kier molecular flexibility index (Phi) is 3.38. The van der Waals surface area contributed by atoms with Gasteiger partial charge in [-0.3, -0.25) is 4.79 Å². The number of thiophene rings is 1. The molecule has 1 aromatic rings. The maximum atomic E-state index is 11.7. The number of hydrogen-bond donors (Lipinski definition) is 1. The summed E-state index contributed by atoms with van der Waals surface area (Å²) >= 11 is 10.6. The van der Waals surface area contributed by atoms with E-state index in [1.54, 1.807) is 0 Å². The van der Waals surface area contributed by atoms with Gasteiger partial charge in [0.05, 0.1) is 0 Å². The highest BCUT2D eigenvalue weighted by molar-refractivity contribution is 9.10. The molecule has 2 nitrogen and oxygen atoms in total. The maximum absolute atomic E-state index is 11.7. The van der Waals surface area contributed by atoms with Crippen molar-refractivity contribution >= 4 is 44.8 Å². The van der Waals surface area contributed by atoms with Gasteiger partial charge in [-0.2, -0.15) is 0 Å². The summed E-state index contributed by atoms with van der Waals surface area (Å²) in [5.41, 5.74) is 0.181. The SMILES string of the molecule is O=C(NCC1(CCl)CC1)c1sccc1Br.